The zero-order valence-corrected chi connectivity index (χ0v) is 12.2. The fourth-order valence-corrected chi connectivity index (χ4v) is 2.10. The molecule has 2 rings (SSSR count). The monoisotopic (exact) mass is 270 g/mol. The number of esters is 1. The topological polar surface area (TPSA) is 42.4 Å². The number of aromatic nitrogens is 1. The van der Waals surface area contributed by atoms with Gasteiger partial charge in [-0.05, 0) is 36.8 Å². The predicted octanol–water partition coefficient (Wildman–Crippen LogP) is 2.91. The standard InChI is InChI=1S/C16H18N2O2/c1-11-9-12(7-8-17-11)14-6-5-13(16(19)20-4)10-15(14)18(2)3/h5-10H,1-4H3. The second kappa shape index (κ2) is 5.74. The van der Waals surface area contributed by atoms with Crippen LogP contribution in [0.25, 0.3) is 11.1 Å². The van der Waals surface area contributed by atoms with Crippen molar-refractivity contribution in [3.05, 3.63) is 47.8 Å². The minimum atomic E-state index is -0.328. The lowest BCUT2D eigenvalue weighted by Gasteiger charge is -2.18. The third-order valence-electron chi connectivity index (χ3n) is 3.11. The Labute approximate surface area is 119 Å². The number of aryl methyl sites for hydroxylation is 1. The Morgan fingerprint density at radius 2 is 1.95 bits per heavy atom. The van der Waals surface area contributed by atoms with E-state index in [2.05, 4.69) is 4.98 Å². The Morgan fingerprint density at radius 1 is 1.20 bits per heavy atom. The maximum Gasteiger partial charge on any atom is 0.337 e. The van der Waals surface area contributed by atoms with Crippen LogP contribution in [0, 0.1) is 6.92 Å². The SMILES string of the molecule is COC(=O)c1ccc(-c2ccnc(C)c2)c(N(C)C)c1. The molecule has 0 aliphatic carbocycles. The van der Waals surface area contributed by atoms with E-state index in [0.29, 0.717) is 5.56 Å². The highest BCUT2D eigenvalue weighted by Crippen LogP contribution is 2.31. The highest BCUT2D eigenvalue weighted by Gasteiger charge is 2.12. The lowest BCUT2D eigenvalue weighted by molar-refractivity contribution is 0.0601. The molecule has 0 bridgehead atoms. The second-order valence-electron chi connectivity index (χ2n) is 4.80. The quantitative estimate of drug-likeness (QED) is 0.804. The summed E-state index contributed by atoms with van der Waals surface area (Å²) < 4.78 is 4.77. The minimum Gasteiger partial charge on any atom is -0.465 e. The summed E-state index contributed by atoms with van der Waals surface area (Å²) in [6.45, 7) is 1.96. The molecule has 2 aromatic rings. The van der Waals surface area contributed by atoms with Gasteiger partial charge in [0.1, 0.15) is 0 Å². The van der Waals surface area contributed by atoms with E-state index in [0.717, 1.165) is 22.5 Å². The van der Waals surface area contributed by atoms with E-state index in [1.165, 1.54) is 7.11 Å². The summed E-state index contributed by atoms with van der Waals surface area (Å²) in [5.74, 6) is -0.328. The Morgan fingerprint density at radius 3 is 2.55 bits per heavy atom. The molecule has 1 aromatic heterocycles. The molecule has 0 saturated heterocycles. The zero-order chi connectivity index (χ0) is 14.7. The highest BCUT2D eigenvalue weighted by atomic mass is 16.5. The molecule has 1 aromatic carbocycles. The molecule has 4 nitrogen and oxygen atoms in total. The van der Waals surface area contributed by atoms with Crippen molar-refractivity contribution < 1.29 is 9.53 Å². The van der Waals surface area contributed by atoms with Gasteiger partial charge in [0.15, 0.2) is 0 Å². The van der Waals surface area contributed by atoms with E-state index in [-0.39, 0.29) is 5.97 Å². The Balaban J connectivity index is 2.56. The van der Waals surface area contributed by atoms with Crippen molar-refractivity contribution in [2.24, 2.45) is 0 Å². The van der Waals surface area contributed by atoms with Crippen LogP contribution in [0.4, 0.5) is 5.69 Å². The minimum absolute atomic E-state index is 0.328. The Kier molecular flexibility index (Phi) is 4.03. The van der Waals surface area contributed by atoms with Crippen molar-refractivity contribution >= 4 is 11.7 Å². The Hall–Kier alpha value is -2.36. The molecule has 1 heterocycles. The average Bonchev–Trinajstić information content (AvgIpc) is 2.45. The first-order valence-electron chi connectivity index (χ1n) is 6.35. The van der Waals surface area contributed by atoms with Crippen LogP contribution in [-0.4, -0.2) is 32.2 Å². The molecule has 0 aliphatic rings. The molecule has 0 spiro atoms. The maximum absolute atomic E-state index is 11.6. The van der Waals surface area contributed by atoms with Crippen LogP contribution in [0.1, 0.15) is 16.1 Å². The van der Waals surface area contributed by atoms with Gasteiger partial charge in [0.25, 0.3) is 0 Å². The first-order valence-corrected chi connectivity index (χ1v) is 6.35. The number of nitrogens with zero attached hydrogens (tertiary/aromatic N) is 2. The molecular formula is C16H18N2O2. The largest absolute Gasteiger partial charge is 0.465 e. The van der Waals surface area contributed by atoms with Crippen LogP contribution in [0.3, 0.4) is 0 Å². The third-order valence-corrected chi connectivity index (χ3v) is 3.11. The second-order valence-corrected chi connectivity index (χ2v) is 4.80. The van der Waals surface area contributed by atoms with E-state index in [4.69, 9.17) is 4.74 Å². The number of anilines is 1. The molecule has 104 valence electrons. The average molecular weight is 270 g/mol. The number of benzene rings is 1. The lowest BCUT2D eigenvalue weighted by Crippen LogP contribution is -2.12. The number of carbonyl (C=O) groups is 1. The fourth-order valence-electron chi connectivity index (χ4n) is 2.10. The van der Waals surface area contributed by atoms with E-state index < -0.39 is 0 Å². The molecule has 0 aliphatic heterocycles. The molecule has 0 atom stereocenters. The van der Waals surface area contributed by atoms with Crippen molar-refractivity contribution in [3.8, 4) is 11.1 Å². The first kappa shape index (κ1) is 14.1. The molecular weight excluding hydrogens is 252 g/mol. The highest BCUT2D eigenvalue weighted by molar-refractivity contribution is 5.93. The maximum atomic E-state index is 11.6. The molecule has 0 unspecified atom stereocenters. The van der Waals surface area contributed by atoms with Crippen molar-refractivity contribution in [1.29, 1.82) is 0 Å². The summed E-state index contributed by atoms with van der Waals surface area (Å²) in [5, 5.41) is 0. The van der Waals surface area contributed by atoms with Crippen molar-refractivity contribution in [2.75, 3.05) is 26.1 Å². The third kappa shape index (κ3) is 2.79. The van der Waals surface area contributed by atoms with Crippen molar-refractivity contribution in [1.82, 2.24) is 4.98 Å². The molecule has 20 heavy (non-hydrogen) atoms. The number of pyridine rings is 1. The summed E-state index contributed by atoms with van der Waals surface area (Å²) in [6, 6.07) is 9.56. The van der Waals surface area contributed by atoms with Crippen LogP contribution in [0.15, 0.2) is 36.5 Å². The molecule has 0 radical (unpaired) electrons. The summed E-state index contributed by atoms with van der Waals surface area (Å²) in [4.78, 5) is 17.8. The number of carbonyl (C=O) groups excluding carboxylic acids is 1. The van der Waals surface area contributed by atoms with E-state index in [1.807, 2.05) is 50.2 Å². The summed E-state index contributed by atoms with van der Waals surface area (Å²) >= 11 is 0. The molecule has 0 N–H and O–H groups in total. The number of hydrogen-bond acceptors (Lipinski definition) is 4. The van der Waals surface area contributed by atoms with Gasteiger partial charge in [-0.15, -0.1) is 0 Å². The van der Waals surface area contributed by atoms with Crippen LogP contribution in [-0.2, 0) is 4.74 Å². The van der Waals surface area contributed by atoms with Gasteiger partial charge in [-0.25, -0.2) is 4.79 Å². The van der Waals surface area contributed by atoms with Crippen LogP contribution >= 0.6 is 0 Å². The van der Waals surface area contributed by atoms with Crippen LogP contribution in [0.5, 0.6) is 0 Å². The summed E-state index contributed by atoms with van der Waals surface area (Å²) in [5.41, 5.74) is 4.62. The van der Waals surface area contributed by atoms with Gasteiger partial charge >= 0.3 is 5.97 Å². The van der Waals surface area contributed by atoms with E-state index >= 15 is 0 Å². The van der Waals surface area contributed by atoms with Gasteiger partial charge in [-0.3, -0.25) is 4.98 Å². The number of rotatable bonds is 3. The van der Waals surface area contributed by atoms with E-state index in [1.54, 1.807) is 12.3 Å². The van der Waals surface area contributed by atoms with Crippen LogP contribution in [0.2, 0.25) is 0 Å². The first-order chi connectivity index (χ1) is 9.52. The summed E-state index contributed by atoms with van der Waals surface area (Å²) in [6.07, 6.45) is 1.79. The number of methoxy groups -OCH3 is 1. The Bertz CT molecular complexity index is 636. The van der Waals surface area contributed by atoms with Crippen LogP contribution < -0.4 is 4.90 Å². The fraction of sp³-hybridized carbons (Fsp3) is 0.250. The number of ether oxygens (including phenoxy) is 1. The zero-order valence-electron chi connectivity index (χ0n) is 12.2. The summed E-state index contributed by atoms with van der Waals surface area (Å²) in [7, 11) is 5.29. The molecule has 0 fully saturated rings. The van der Waals surface area contributed by atoms with Gasteiger partial charge in [0.05, 0.1) is 12.7 Å². The van der Waals surface area contributed by atoms with Gasteiger partial charge in [0.2, 0.25) is 0 Å². The number of hydrogen-bond donors (Lipinski definition) is 0. The lowest BCUT2D eigenvalue weighted by atomic mass is 10.0. The molecule has 4 heteroatoms. The normalized spacial score (nSPS) is 10.2. The van der Waals surface area contributed by atoms with E-state index in [9.17, 15) is 4.79 Å². The van der Waals surface area contributed by atoms with Crippen molar-refractivity contribution in [3.63, 3.8) is 0 Å². The van der Waals surface area contributed by atoms with Gasteiger partial charge in [0, 0.05) is 37.2 Å². The smallest absolute Gasteiger partial charge is 0.337 e. The van der Waals surface area contributed by atoms with Crippen molar-refractivity contribution in [2.45, 2.75) is 6.92 Å². The molecule has 0 saturated carbocycles. The van der Waals surface area contributed by atoms with Gasteiger partial charge < -0.3 is 9.64 Å². The molecule has 0 amide bonds. The predicted molar refractivity (Wildman–Crippen MR) is 80.1 cm³/mol. The van der Waals surface area contributed by atoms with Gasteiger partial charge in [-0.2, -0.15) is 0 Å². The van der Waals surface area contributed by atoms with Gasteiger partial charge in [-0.1, -0.05) is 6.07 Å².